The van der Waals surface area contributed by atoms with Gasteiger partial charge in [-0.05, 0) is 43.5 Å². The lowest BCUT2D eigenvalue weighted by Gasteiger charge is -2.28. The van der Waals surface area contributed by atoms with E-state index in [1.54, 1.807) is 7.11 Å². The molecule has 4 nitrogen and oxygen atoms in total. The molecule has 1 N–H and O–H groups in total. The molecule has 0 saturated carbocycles. The van der Waals surface area contributed by atoms with Gasteiger partial charge in [-0.1, -0.05) is 6.92 Å². The zero-order valence-corrected chi connectivity index (χ0v) is 12.6. The van der Waals surface area contributed by atoms with Crippen molar-refractivity contribution in [2.75, 3.05) is 32.1 Å². The summed E-state index contributed by atoms with van der Waals surface area (Å²) in [6, 6.07) is 6.19. The average molecular weight is 276 g/mol. The fourth-order valence-corrected chi connectivity index (χ4v) is 2.54. The van der Waals surface area contributed by atoms with Crippen molar-refractivity contribution in [3.63, 3.8) is 0 Å². The molecule has 1 aliphatic heterocycles. The Morgan fingerprint density at radius 2 is 2.30 bits per heavy atom. The van der Waals surface area contributed by atoms with Crippen molar-refractivity contribution in [1.82, 2.24) is 4.90 Å². The molecule has 0 fully saturated rings. The summed E-state index contributed by atoms with van der Waals surface area (Å²) < 4.78 is 5.12. The fourth-order valence-electron chi connectivity index (χ4n) is 2.54. The van der Waals surface area contributed by atoms with Crippen LogP contribution in [0.15, 0.2) is 18.2 Å². The van der Waals surface area contributed by atoms with Gasteiger partial charge in [0.15, 0.2) is 0 Å². The molecule has 2 rings (SSSR count). The second kappa shape index (κ2) is 6.75. The van der Waals surface area contributed by atoms with Gasteiger partial charge >= 0.3 is 0 Å². The van der Waals surface area contributed by atoms with E-state index in [2.05, 4.69) is 19.2 Å². The molecule has 0 spiro atoms. The zero-order valence-electron chi connectivity index (χ0n) is 12.6. The molecule has 0 radical (unpaired) electrons. The highest BCUT2D eigenvalue weighted by Gasteiger charge is 2.21. The molecule has 110 valence electrons. The molecule has 0 bridgehead atoms. The van der Waals surface area contributed by atoms with E-state index in [-0.39, 0.29) is 11.9 Å². The van der Waals surface area contributed by atoms with Gasteiger partial charge in [0, 0.05) is 37.5 Å². The molecule has 4 heteroatoms. The lowest BCUT2D eigenvalue weighted by molar-refractivity contribution is 0.0614. The minimum absolute atomic E-state index is 0.103. The van der Waals surface area contributed by atoms with Crippen LogP contribution in [0.2, 0.25) is 0 Å². The van der Waals surface area contributed by atoms with Crippen LogP contribution in [-0.2, 0) is 11.2 Å². The Morgan fingerprint density at radius 3 is 3.00 bits per heavy atom. The second-order valence-corrected chi connectivity index (χ2v) is 5.30. The van der Waals surface area contributed by atoms with Crippen molar-refractivity contribution < 1.29 is 9.53 Å². The number of nitrogens with one attached hydrogen (secondary N) is 1. The molecule has 0 aromatic heterocycles. The third-order valence-electron chi connectivity index (χ3n) is 3.98. The van der Waals surface area contributed by atoms with Gasteiger partial charge in [0.25, 0.3) is 5.91 Å². The molecule has 20 heavy (non-hydrogen) atoms. The number of methoxy groups -OCH3 is 1. The van der Waals surface area contributed by atoms with E-state index in [0.29, 0.717) is 13.2 Å². The monoisotopic (exact) mass is 276 g/mol. The maximum atomic E-state index is 12.7. The number of hydrogen-bond donors (Lipinski definition) is 1. The average Bonchev–Trinajstić information content (AvgIpc) is 2.94. The Labute approximate surface area is 121 Å². The maximum absolute atomic E-state index is 12.7. The van der Waals surface area contributed by atoms with Crippen molar-refractivity contribution in [2.24, 2.45) is 0 Å². The van der Waals surface area contributed by atoms with Gasteiger partial charge in [-0.25, -0.2) is 0 Å². The van der Waals surface area contributed by atoms with Crippen LogP contribution >= 0.6 is 0 Å². The van der Waals surface area contributed by atoms with Gasteiger partial charge < -0.3 is 15.0 Å². The highest BCUT2D eigenvalue weighted by Crippen LogP contribution is 2.24. The van der Waals surface area contributed by atoms with E-state index in [0.717, 1.165) is 30.6 Å². The topological polar surface area (TPSA) is 41.6 Å². The number of benzene rings is 1. The molecule has 1 atom stereocenters. The Kier molecular flexibility index (Phi) is 5.01. The van der Waals surface area contributed by atoms with Gasteiger partial charge in [-0.3, -0.25) is 4.79 Å². The van der Waals surface area contributed by atoms with E-state index in [4.69, 9.17) is 4.74 Å². The summed E-state index contributed by atoms with van der Waals surface area (Å²) in [6.07, 6.45) is 1.94. The molecule has 1 aromatic carbocycles. The normalized spacial score (nSPS) is 14.6. The molecule has 1 aliphatic rings. The van der Waals surface area contributed by atoms with Gasteiger partial charge in [-0.15, -0.1) is 0 Å². The SMILES string of the molecule is CCC(C)N(CCOC)C(=O)c1ccc2c(c1)CCN2. The summed E-state index contributed by atoms with van der Waals surface area (Å²) in [5.41, 5.74) is 3.18. The van der Waals surface area contributed by atoms with Crippen molar-refractivity contribution in [3.05, 3.63) is 29.3 Å². The summed E-state index contributed by atoms with van der Waals surface area (Å²) >= 11 is 0. The lowest BCUT2D eigenvalue weighted by Crippen LogP contribution is -2.40. The van der Waals surface area contributed by atoms with Crippen LogP contribution in [0.25, 0.3) is 0 Å². The number of carbonyl (C=O) groups excluding carboxylic acids is 1. The fraction of sp³-hybridized carbons (Fsp3) is 0.562. The van der Waals surface area contributed by atoms with Crippen LogP contribution in [-0.4, -0.2) is 43.7 Å². The standard InChI is InChI=1S/C16H24N2O2/c1-4-12(2)18(9-10-20-3)16(19)14-5-6-15-13(11-14)7-8-17-15/h5-6,11-12,17H,4,7-10H2,1-3H3. The molecular formula is C16H24N2O2. The van der Waals surface area contributed by atoms with Crippen LogP contribution in [0.3, 0.4) is 0 Å². The lowest BCUT2D eigenvalue weighted by atomic mass is 10.1. The van der Waals surface area contributed by atoms with E-state index in [1.165, 1.54) is 5.56 Å². The smallest absolute Gasteiger partial charge is 0.254 e. The number of anilines is 1. The van der Waals surface area contributed by atoms with E-state index in [9.17, 15) is 4.79 Å². The summed E-state index contributed by atoms with van der Waals surface area (Å²) in [6.45, 7) is 6.36. The van der Waals surface area contributed by atoms with Crippen molar-refractivity contribution >= 4 is 11.6 Å². The number of fused-ring (bicyclic) bond motifs is 1. The van der Waals surface area contributed by atoms with Crippen LogP contribution < -0.4 is 5.32 Å². The Bertz CT molecular complexity index is 474. The molecule has 1 unspecified atom stereocenters. The first-order chi connectivity index (χ1) is 9.67. The van der Waals surface area contributed by atoms with Gasteiger partial charge in [0.1, 0.15) is 0 Å². The van der Waals surface area contributed by atoms with Gasteiger partial charge in [0.2, 0.25) is 0 Å². The highest BCUT2D eigenvalue weighted by molar-refractivity contribution is 5.95. The Hall–Kier alpha value is -1.55. The quantitative estimate of drug-likeness (QED) is 0.868. The number of rotatable bonds is 6. The van der Waals surface area contributed by atoms with Crippen LogP contribution in [0.5, 0.6) is 0 Å². The predicted molar refractivity (Wildman–Crippen MR) is 81.3 cm³/mol. The van der Waals surface area contributed by atoms with E-state index >= 15 is 0 Å². The molecule has 0 saturated heterocycles. The summed E-state index contributed by atoms with van der Waals surface area (Å²) in [4.78, 5) is 14.6. The first kappa shape index (κ1) is 14.9. The van der Waals surface area contributed by atoms with Gasteiger partial charge in [0.05, 0.1) is 6.61 Å². The number of amides is 1. The molecule has 1 amide bonds. The third kappa shape index (κ3) is 3.12. The summed E-state index contributed by atoms with van der Waals surface area (Å²) in [7, 11) is 1.67. The zero-order chi connectivity index (χ0) is 14.5. The molecule has 1 aromatic rings. The first-order valence-corrected chi connectivity index (χ1v) is 7.34. The van der Waals surface area contributed by atoms with Crippen LogP contribution in [0.4, 0.5) is 5.69 Å². The molecular weight excluding hydrogens is 252 g/mol. The Balaban J connectivity index is 2.18. The van der Waals surface area contributed by atoms with Crippen molar-refractivity contribution in [2.45, 2.75) is 32.7 Å². The van der Waals surface area contributed by atoms with Gasteiger partial charge in [-0.2, -0.15) is 0 Å². The van der Waals surface area contributed by atoms with Crippen molar-refractivity contribution in [1.29, 1.82) is 0 Å². The Morgan fingerprint density at radius 1 is 1.50 bits per heavy atom. The number of hydrogen-bond acceptors (Lipinski definition) is 3. The largest absolute Gasteiger partial charge is 0.384 e. The molecule has 0 aliphatic carbocycles. The minimum Gasteiger partial charge on any atom is -0.384 e. The minimum atomic E-state index is 0.103. The summed E-state index contributed by atoms with van der Waals surface area (Å²) in [5.74, 6) is 0.103. The maximum Gasteiger partial charge on any atom is 0.254 e. The van der Waals surface area contributed by atoms with Crippen molar-refractivity contribution in [3.8, 4) is 0 Å². The number of ether oxygens (including phenoxy) is 1. The van der Waals surface area contributed by atoms with Crippen LogP contribution in [0.1, 0.15) is 36.2 Å². The summed E-state index contributed by atoms with van der Waals surface area (Å²) in [5, 5.41) is 3.32. The van der Waals surface area contributed by atoms with Crippen LogP contribution in [0, 0.1) is 0 Å². The predicted octanol–water partition coefficient (Wildman–Crippen LogP) is 2.54. The number of nitrogens with zero attached hydrogens (tertiary/aromatic N) is 1. The molecule has 1 heterocycles. The van der Waals surface area contributed by atoms with E-state index < -0.39 is 0 Å². The second-order valence-electron chi connectivity index (χ2n) is 5.30. The van der Waals surface area contributed by atoms with E-state index in [1.807, 2.05) is 23.1 Å². The first-order valence-electron chi connectivity index (χ1n) is 7.34. The third-order valence-corrected chi connectivity index (χ3v) is 3.98. The number of carbonyl (C=O) groups is 1. The highest BCUT2D eigenvalue weighted by atomic mass is 16.5.